The molecular weight excluding hydrogens is 400 g/mol. The molecular formula is C20H25ClN2O4S. The summed E-state index contributed by atoms with van der Waals surface area (Å²) in [5, 5.41) is 3.01. The van der Waals surface area contributed by atoms with Crippen LogP contribution in [0.15, 0.2) is 42.5 Å². The van der Waals surface area contributed by atoms with Crippen LogP contribution < -0.4 is 14.8 Å². The van der Waals surface area contributed by atoms with Gasteiger partial charge in [0.05, 0.1) is 23.1 Å². The van der Waals surface area contributed by atoms with E-state index >= 15 is 0 Å². The summed E-state index contributed by atoms with van der Waals surface area (Å²) in [5.41, 5.74) is 1.79. The van der Waals surface area contributed by atoms with E-state index in [2.05, 4.69) is 10.0 Å². The molecule has 0 unspecified atom stereocenters. The van der Waals surface area contributed by atoms with Crippen LogP contribution in [-0.2, 0) is 16.4 Å². The first kappa shape index (κ1) is 22.0. The van der Waals surface area contributed by atoms with Crippen molar-refractivity contribution >= 4 is 33.2 Å². The predicted molar refractivity (Wildman–Crippen MR) is 113 cm³/mol. The average Bonchev–Trinajstić information content (AvgIpc) is 2.60. The zero-order valence-corrected chi connectivity index (χ0v) is 17.7. The second-order valence-electron chi connectivity index (χ2n) is 6.74. The number of hydrogen-bond acceptors (Lipinski definition) is 4. The fourth-order valence-corrected chi connectivity index (χ4v) is 3.40. The molecule has 0 saturated heterocycles. The molecule has 0 radical (unpaired) electrons. The summed E-state index contributed by atoms with van der Waals surface area (Å²) in [4.78, 5) is 12.2. The number of amides is 1. The molecule has 6 nitrogen and oxygen atoms in total. The zero-order chi connectivity index (χ0) is 20.7. The van der Waals surface area contributed by atoms with E-state index in [1.807, 2.05) is 38.1 Å². The van der Waals surface area contributed by atoms with E-state index in [0.717, 1.165) is 24.8 Å². The molecule has 28 heavy (non-hydrogen) atoms. The minimum Gasteiger partial charge on any atom is -0.491 e. The van der Waals surface area contributed by atoms with Crippen LogP contribution in [0.4, 0.5) is 5.69 Å². The lowest BCUT2D eigenvalue weighted by molar-refractivity contribution is 0.0953. The quantitative estimate of drug-likeness (QED) is 0.598. The van der Waals surface area contributed by atoms with Gasteiger partial charge in [-0.3, -0.25) is 9.52 Å². The first-order valence-electron chi connectivity index (χ1n) is 8.95. The van der Waals surface area contributed by atoms with E-state index in [4.69, 9.17) is 16.3 Å². The van der Waals surface area contributed by atoms with Gasteiger partial charge in [0.1, 0.15) is 5.75 Å². The third-order valence-corrected chi connectivity index (χ3v) is 4.65. The van der Waals surface area contributed by atoms with Gasteiger partial charge in [-0.1, -0.05) is 23.7 Å². The number of aryl methyl sites for hydroxylation is 1. The van der Waals surface area contributed by atoms with Gasteiger partial charge in [0.2, 0.25) is 10.0 Å². The number of anilines is 1. The second-order valence-corrected chi connectivity index (χ2v) is 8.89. The highest BCUT2D eigenvalue weighted by atomic mass is 35.5. The molecule has 152 valence electrons. The molecule has 0 heterocycles. The van der Waals surface area contributed by atoms with Crippen molar-refractivity contribution in [1.29, 1.82) is 0 Å². The summed E-state index contributed by atoms with van der Waals surface area (Å²) in [5.74, 6) is 0.589. The molecule has 0 saturated carbocycles. The normalized spacial score (nSPS) is 11.3. The number of halogens is 1. The van der Waals surface area contributed by atoms with E-state index in [1.54, 1.807) is 0 Å². The first-order chi connectivity index (χ1) is 13.1. The highest BCUT2D eigenvalue weighted by molar-refractivity contribution is 7.92. The molecule has 0 aliphatic heterocycles. The van der Waals surface area contributed by atoms with Crippen LogP contribution >= 0.6 is 11.6 Å². The Kier molecular flexibility index (Phi) is 7.71. The topological polar surface area (TPSA) is 84.5 Å². The van der Waals surface area contributed by atoms with Crippen molar-refractivity contribution in [3.05, 3.63) is 58.6 Å². The molecule has 2 aromatic carbocycles. The lowest BCUT2D eigenvalue weighted by Gasteiger charge is -2.10. The number of carbonyl (C=O) groups is 1. The largest absolute Gasteiger partial charge is 0.491 e. The smallest absolute Gasteiger partial charge is 0.251 e. The monoisotopic (exact) mass is 424 g/mol. The Hall–Kier alpha value is -2.25. The molecule has 0 aliphatic carbocycles. The predicted octanol–water partition coefficient (Wildman–Crippen LogP) is 3.86. The van der Waals surface area contributed by atoms with Gasteiger partial charge >= 0.3 is 0 Å². The lowest BCUT2D eigenvalue weighted by Crippen LogP contribution is -2.24. The molecule has 0 aromatic heterocycles. The molecule has 1 amide bonds. The van der Waals surface area contributed by atoms with E-state index < -0.39 is 10.0 Å². The van der Waals surface area contributed by atoms with Crippen molar-refractivity contribution in [3.63, 3.8) is 0 Å². The van der Waals surface area contributed by atoms with Crippen LogP contribution in [0, 0.1) is 0 Å². The van der Waals surface area contributed by atoms with Gasteiger partial charge in [-0.2, -0.15) is 0 Å². The van der Waals surface area contributed by atoms with Gasteiger partial charge in [0, 0.05) is 12.1 Å². The fourth-order valence-electron chi connectivity index (χ4n) is 2.54. The summed E-state index contributed by atoms with van der Waals surface area (Å²) < 4.78 is 30.5. The van der Waals surface area contributed by atoms with E-state index in [1.165, 1.54) is 23.8 Å². The van der Waals surface area contributed by atoms with Crippen LogP contribution in [0.5, 0.6) is 5.75 Å². The Labute approximate surface area is 171 Å². The van der Waals surface area contributed by atoms with Gasteiger partial charge < -0.3 is 10.1 Å². The standard InChI is InChI=1S/C20H25ClN2O4S/c1-14(2)27-17-9-6-15(7-10-17)5-4-12-22-20(24)16-8-11-19(18(21)13-16)23-28(3,25)26/h6-11,13-14,23H,4-5,12H2,1-3H3,(H,22,24). The molecule has 2 rings (SSSR count). The SMILES string of the molecule is CC(C)Oc1ccc(CCCNC(=O)c2ccc(NS(C)(=O)=O)c(Cl)c2)cc1. The van der Waals surface area contributed by atoms with Crippen molar-refractivity contribution in [2.24, 2.45) is 0 Å². The van der Waals surface area contributed by atoms with Crippen LogP contribution in [0.25, 0.3) is 0 Å². The minimum absolute atomic E-state index is 0.144. The van der Waals surface area contributed by atoms with Crippen LogP contribution in [0.1, 0.15) is 36.2 Å². The molecule has 8 heteroatoms. The van der Waals surface area contributed by atoms with Crippen LogP contribution in [0.2, 0.25) is 5.02 Å². The Balaban J connectivity index is 1.81. The van der Waals surface area contributed by atoms with Crippen LogP contribution in [-0.4, -0.2) is 33.2 Å². The highest BCUT2D eigenvalue weighted by Gasteiger charge is 2.11. The summed E-state index contributed by atoms with van der Waals surface area (Å²) in [6.07, 6.45) is 2.80. The van der Waals surface area contributed by atoms with Crippen molar-refractivity contribution in [2.75, 3.05) is 17.5 Å². The van der Waals surface area contributed by atoms with Crippen molar-refractivity contribution < 1.29 is 17.9 Å². The number of benzene rings is 2. The Morgan fingerprint density at radius 1 is 1.14 bits per heavy atom. The van der Waals surface area contributed by atoms with E-state index in [9.17, 15) is 13.2 Å². The molecule has 0 fully saturated rings. The minimum atomic E-state index is -3.43. The number of ether oxygens (including phenoxy) is 1. The number of carbonyl (C=O) groups excluding carboxylic acids is 1. The molecule has 2 N–H and O–H groups in total. The summed E-state index contributed by atoms with van der Waals surface area (Å²) in [7, 11) is -3.43. The van der Waals surface area contributed by atoms with Gasteiger partial charge in [0.15, 0.2) is 0 Å². The van der Waals surface area contributed by atoms with Gasteiger partial charge in [-0.15, -0.1) is 0 Å². The molecule has 0 spiro atoms. The van der Waals surface area contributed by atoms with Gasteiger partial charge in [-0.25, -0.2) is 8.42 Å². The summed E-state index contributed by atoms with van der Waals surface area (Å²) in [6, 6.07) is 12.4. The fraction of sp³-hybridized carbons (Fsp3) is 0.350. The maximum Gasteiger partial charge on any atom is 0.251 e. The summed E-state index contributed by atoms with van der Waals surface area (Å²) >= 11 is 6.05. The number of rotatable bonds is 9. The average molecular weight is 425 g/mol. The summed E-state index contributed by atoms with van der Waals surface area (Å²) in [6.45, 7) is 4.49. The third-order valence-electron chi connectivity index (χ3n) is 3.75. The Bertz CT molecular complexity index is 912. The van der Waals surface area contributed by atoms with Crippen LogP contribution in [0.3, 0.4) is 0 Å². The molecule has 0 bridgehead atoms. The first-order valence-corrected chi connectivity index (χ1v) is 11.2. The Morgan fingerprint density at radius 2 is 1.82 bits per heavy atom. The van der Waals surface area contributed by atoms with Crippen molar-refractivity contribution in [2.45, 2.75) is 32.8 Å². The van der Waals surface area contributed by atoms with Gasteiger partial charge in [0.25, 0.3) is 5.91 Å². The maximum atomic E-state index is 12.2. The number of hydrogen-bond donors (Lipinski definition) is 2. The van der Waals surface area contributed by atoms with Crippen molar-refractivity contribution in [3.8, 4) is 5.75 Å². The number of sulfonamides is 1. The lowest BCUT2D eigenvalue weighted by atomic mass is 10.1. The third kappa shape index (κ3) is 7.40. The zero-order valence-electron chi connectivity index (χ0n) is 16.2. The molecule has 2 aromatic rings. The maximum absolute atomic E-state index is 12.2. The highest BCUT2D eigenvalue weighted by Crippen LogP contribution is 2.24. The van der Waals surface area contributed by atoms with E-state index in [-0.39, 0.29) is 22.7 Å². The second kappa shape index (κ2) is 9.80. The van der Waals surface area contributed by atoms with Crippen molar-refractivity contribution in [1.82, 2.24) is 5.32 Å². The van der Waals surface area contributed by atoms with E-state index in [0.29, 0.717) is 12.1 Å². The Morgan fingerprint density at radius 3 is 2.39 bits per heavy atom. The molecule has 0 aliphatic rings. The van der Waals surface area contributed by atoms with Gasteiger partial charge in [-0.05, 0) is 62.6 Å². The number of nitrogens with one attached hydrogen (secondary N) is 2. The molecule has 0 atom stereocenters.